The summed E-state index contributed by atoms with van der Waals surface area (Å²) in [6.07, 6.45) is 4.21. The van der Waals surface area contributed by atoms with Gasteiger partial charge in [0.05, 0.1) is 12.9 Å². The second kappa shape index (κ2) is 7.19. The van der Waals surface area contributed by atoms with Crippen molar-refractivity contribution in [2.45, 2.75) is 6.42 Å². The third-order valence-electron chi connectivity index (χ3n) is 3.35. The molecule has 0 spiro atoms. The fourth-order valence-electron chi connectivity index (χ4n) is 2.21. The minimum atomic E-state index is 0.143. The number of phenolic OH excluding ortho intramolecular Hbond substituents is 1. The van der Waals surface area contributed by atoms with E-state index in [1.807, 2.05) is 42.5 Å². The van der Waals surface area contributed by atoms with Gasteiger partial charge < -0.3 is 9.84 Å². The first-order chi connectivity index (χ1) is 11.3. The number of phenols is 1. The van der Waals surface area contributed by atoms with Crippen molar-refractivity contribution in [1.29, 1.82) is 0 Å². The molecular weight excluding hydrogens is 310 g/mol. The SMILES string of the molecule is Oc1ccc(CCOC=CCS)cc1-n1nc2ccccc2n1. The highest BCUT2D eigenvalue weighted by molar-refractivity contribution is 7.80. The molecule has 23 heavy (non-hydrogen) atoms. The number of hydrogen-bond donors (Lipinski definition) is 2. The summed E-state index contributed by atoms with van der Waals surface area (Å²) < 4.78 is 5.37. The molecule has 2 aromatic carbocycles. The van der Waals surface area contributed by atoms with E-state index in [1.54, 1.807) is 12.3 Å². The second-order valence-electron chi connectivity index (χ2n) is 4.98. The van der Waals surface area contributed by atoms with Gasteiger partial charge in [0, 0.05) is 12.2 Å². The van der Waals surface area contributed by atoms with Gasteiger partial charge in [0.25, 0.3) is 0 Å². The van der Waals surface area contributed by atoms with Crippen molar-refractivity contribution >= 4 is 23.7 Å². The molecule has 0 saturated heterocycles. The van der Waals surface area contributed by atoms with Crippen LogP contribution in [0, 0.1) is 0 Å². The molecule has 0 radical (unpaired) electrons. The van der Waals surface area contributed by atoms with Crippen molar-refractivity contribution < 1.29 is 9.84 Å². The molecule has 1 aromatic heterocycles. The summed E-state index contributed by atoms with van der Waals surface area (Å²) in [7, 11) is 0. The molecule has 0 bridgehead atoms. The van der Waals surface area contributed by atoms with Crippen LogP contribution in [0.4, 0.5) is 0 Å². The zero-order valence-electron chi connectivity index (χ0n) is 12.5. The van der Waals surface area contributed by atoms with Crippen molar-refractivity contribution in [3.63, 3.8) is 0 Å². The predicted molar refractivity (Wildman–Crippen MR) is 93.2 cm³/mol. The maximum atomic E-state index is 10.1. The summed E-state index contributed by atoms with van der Waals surface area (Å²) >= 11 is 4.07. The van der Waals surface area contributed by atoms with Crippen LogP contribution in [0.5, 0.6) is 5.75 Å². The highest BCUT2D eigenvalue weighted by Crippen LogP contribution is 2.23. The van der Waals surface area contributed by atoms with Crippen LogP contribution >= 0.6 is 12.6 Å². The lowest BCUT2D eigenvalue weighted by molar-refractivity contribution is 0.253. The maximum absolute atomic E-state index is 10.1. The molecule has 3 aromatic rings. The normalized spacial score (nSPS) is 11.3. The maximum Gasteiger partial charge on any atom is 0.143 e. The van der Waals surface area contributed by atoms with Crippen LogP contribution < -0.4 is 0 Å². The van der Waals surface area contributed by atoms with E-state index >= 15 is 0 Å². The highest BCUT2D eigenvalue weighted by Gasteiger charge is 2.09. The van der Waals surface area contributed by atoms with E-state index in [9.17, 15) is 5.11 Å². The summed E-state index contributed by atoms with van der Waals surface area (Å²) in [5.41, 5.74) is 3.18. The van der Waals surface area contributed by atoms with Gasteiger partial charge in [-0.25, -0.2) is 0 Å². The largest absolute Gasteiger partial charge is 0.506 e. The van der Waals surface area contributed by atoms with Gasteiger partial charge in [-0.1, -0.05) is 18.2 Å². The minimum absolute atomic E-state index is 0.143. The molecule has 1 heterocycles. The average molecular weight is 327 g/mol. The number of fused-ring (bicyclic) bond motifs is 1. The zero-order valence-corrected chi connectivity index (χ0v) is 13.4. The van der Waals surface area contributed by atoms with E-state index in [2.05, 4.69) is 22.8 Å². The van der Waals surface area contributed by atoms with Crippen LogP contribution in [0.15, 0.2) is 54.8 Å². The summed E-state index contributed by atoms with van der Waals surface area (Å²) in [5.74, 6) is 0.798. The first-order valence-corrected chi connectivity index (χ1v) is 7.93. The van der Waals surface area contributed by atoms with Crippen LogP contribution in [0.2, 0.25) is 0 Å². The summed E-state index contributed by atoms with van der Waals surface area (Å²) in [6, 6.07) is 13.0. The fourth-order valence-corrected chi connectivity index (χ4v) is 2.29. The highest BCUT2D eigenvalue weighted by atomic mass is 32.1. The standard InChI is InChI=1S/C17H17N3O2S/c21-17-7-6-13(8-10-22-9-3-11-23)12-16(17)20-18-14-4-1-2-5-15(14)19-20/h1-7,9,12,21,23H,8,10-11H2. The first kappa shape index (κ1) is 15.4. The van der Waals surface area contributed by atoms with Crippen LogP contribution in [-0.4, -0.2) is 32.5 Å². The molecule has 118 valence electrons. The molecule has 0 unspecified atom stereocenters. The Morgan fingerprint density at radius 3 is 2.57 bits per heavy atom. The molecule has 6 heteroatoms. The molecule has 5 nitrogen and oxygen atoms in total. The number of benzene rings is 2. The monoisotopic (exact) mass is 327 g/mol. The summed E-state index contributed by atoms with van der Waals surface area (Å²) in [6.45, 7) is 0.559. The van der Waals surface area contributed by atoms with Gasteiger partial charge in [-0.05, 0) is 35.9 Å². The Bertz CT molecular complexity index is 797. The Hall–Kier alpha value is -2.47. The van der Waals surface area contributed by atoms with Gasteiger partial charge in [-0.15, -0.1) is 15.0 Å². The molecule has 0 aliphatic rings. The van der Waals surface area contributed by atoms with Gasteiger partial charge in [0.2, 0.25) is 0 Å². The molecule has 0 aliphatic carbocycles. The summed E-state index contributed by atoms with van der Waals surface area (Å²) in [4.78, 5) is 1.46. The number of hydrogen-bond acceptors (Lipinski definition) is 5. The second-order valence-corrected chi connectivity index (χ2v) is 5.34. The smallest absolute Gasteiger partial charge is 0.143 e. The Kier molecular flexibility index (Phi) is 4.83. The Labute approximate surface area is 139 Å². The van der Waals surface area contributed by atoms with E-state index in [0.717, 1.165) is 23.0 Å². The van der Waals surface area contributed by atoms with E-state index in [0.29, 0.717) is 18.0 Å². The first-order valence-electron chi connectivity index (χ1n) is 7.30. The van der Waals surface area contributed by atoms with Gasteiger partial charge in [0.15, 0.2) is 0 Å². The van der Waals surface area contributed by atoms with Crippen molar-refractivity contribution in [2.24, 2.45) is 0 Å². The average Bonchev–Trinajstić information content (AvgIpc) is 3.00. The van der Waals surface area contributed by atoms with Crippen molar-refractivity contribution in [3.8, 4) is 11.4 Å². The molecule has 0 amide bonds. The Morgan fingerprint density at radius 2 is 1.87 bits per heavy atom. The van der Waals surface area contributed by atoms with Gasteiger partial charge in [-0.3, -0.25) is 0 Å². The van der Waals surface area contributed by atoms with Crippen LogP contribution in [0.3, 0.4) is 0 Å². The molecule has 1 N–H and O–H groups in total. The van der Waals surface area contributed by atoms with Crippen LogP contribution in [-0.2, 0) is 11.2 Å². The third-order valence-corrected chi connectivity index (χ3v) is 3.56. The molecule has 0 atom stereocenters. The third kappa shape index (κ3) is 3.65. The Morgan fingerprint density at radius 1 is 1.13 bits per heavy atom. The number of aromatic hydroxyl groups is 1. The summed E-state index contributed by atoms with van der Waals surface area (Å²) in [5, 5.41) is 18.9. The van der Waals surface area contributed by atoms with Gasteiger partial charge >= 0.3 is 0 Å². The van der Waals surface area contributed by atoms with E-state index in [4.69, 9.17) is 4.74 Å². The number of aromatic nitrogens is 3. The molecular formula is C17H17N3O2S. The van der Waals surface area contributed by atoms with E-state index in [1.165, 1.54) is 4.80 Å². The minimum Gasteiger partial charge on any atom is -0.506 e. The van der Waals surface area contributed by atoms with Crippen LogP contribution in [0.25, 0.3) is 16.7 Å². The van der Waals surface area contributed by atoms with Gasteiger partial charge in [0.1, 0.15) is 22.5 Å². The van der Waals surface area contributed by atoms with E-state index < -0.39 is 0 Å². The number of ether oxygens (including phenoxy) is 1. The van der Waals surface area contributed by atoms with Crippen molar-refractivity contribution in [3.05, 3.63) is 60.4 Å². The quantitative estimate of drug-likeness (QED) is 0.415. The lowest BCUT2D eigenvalue weighted by Crippen LogP contribution is -2.01. The lowest BCUT2D eigenvalue weighted by atomic mass is 10.1. The number of nitrogens with zero attached hydrogens (tertiary/aromatic N) is 3. The number of rotatable bonds is 6. The van der Waals surface area contributed by atoms with E-state index in [-0.39, 0.29) is 5.75 Å². The molecule has 0 fully saturated rings. The predicted octanol–water partition coefficient (Wildman–Crippen LogP) is 3.13. The van der Waals surface area contributed by atoms with Crippen molar-refractivity contribution in [1.82, 2.24) is 15.0 Å². The van der Waals surface area contributed by atoms with Gasteiger partial charge in [-0.2, -0.15) is 12.6 Å². The van der Waals surface area contributed by atoms with Crippen LogP contribution in [0.1, 0.15) is 5.56 Å². The molecule has 3 rings (SSSR count). The number of thiol groups is 1. The lowest BCUT2D eigenvalue weighted by Gasteiger charge is -2.07. The Balaban J connectivity index is 1.81. The topological polar surface area (TPSA) is 60.2 Å². The van der Waals surface area contributed by atoms with Crippen molar-refractivity contribution in [2.75, 3.05) is 12.4 Å². The molecule has 0 saturated carbocycles. The zero-order chi connectivity index (χ0) is 16.1. The fraction of sp³-hybridized carbons (Fsp3) is 0.176. The molecule has 0 aliphatic heterocycles.